The molecule has 2 nitrogen and oxygen atoms in total. The molecular formula is C27H22F6N2S2+2. The summed E-state index contributed by atoms with van der Waals surface area (Å²) >= 11 is 2.52. The fourth-order valence-corrected chi connectivity index (χ4v) is 8.67. The summed E-state index contributed by atoms with van der Waals surface area (Å²) in [5.74, 6) is -15.6. The lowest BCUT2D eigenvalue weighted by atomic mass is 9.71. The van der Waals surface area contributed by atoms with Gasteiger partial charge in [-0.1, -0.05) is 0 Å². The van der Waals surface area contributed by atoms with Gasteiger partial charge in [0.05, 0.1) is 9.49 Å². The molecule has 0 aromatic carbocycles. The van der Waals surface area contributed by atoms with Gasteiger partial charge in [-0.05, 0) is 48.3 Å². The third-order valence-corrected chi connectivity index (χ3v) is 11.2. The van der Waals surface area contributed by atoms with Crippen LogP contribution in [0.15, 0.2) is 83.5 Å². The second kappa shape index (κ2) is 7.34. The predicted octanol–water partition coefficient (Wildman–Crippen LogP) is 6.25. The van der Waals surface area contributed by atoms with Gasteiger partial charge in [-0.25, -0.2) is 9.13 Å². The number of halogens is 6. The fourth-order valence-electron chi connectivity index (χ4n) is 5.52. The number of aromatic nitrogens is 2. The molecule has 2 aromatic rings. The van der Waals surface area contributed by atoms with Gasteiger partial charge < -0.3 is 0 Å². The van der Waals surface area contributed by atoms with E-state index >= 15 is 17.6 Å². The lowest BCUT2D eigenvalue weighted by Crippen LogP contribution is -2.48. The molecule has 0 saturated heterocycles. The Labute approximate surface area is 218 Å². The van der Waals surface area contributed by atoms with Crippen LogP contribution in [0.3, 0.4) is 0 Å². The van der Waals surface area contributed by atoms with Crippen molar-refractivity contribution in [3.63, 3.8) is 0 Å². The molecule has 6 rings (SSSR count). The minimum absolute atomic E-state index is 0.162. The average molecular weight is 553 g/mol. The molecule has 2 aliphatic carbocycles. The first kappa shape index (κ1) is 24.9. The number of thioether (sulfide) groups is 2. The minimum Gasteiger partial charge on any atom is -0.208 e. The van der Waals surface area contributed by atoms with Crippen LogP contribution in [0.2, 0.25) is 0 Å². The van der Waals surface area contributed by atoms with Crippen LogP contribution in [0.25, 0.3) is 9.81 Å². The molecule has 0 radical (unpaired) electrons. The van der Waals surface area contributed by atoms with E-state index in [-0.39, 0.29) is 11.1 Å². The molecule has 4 aliphatic rings. The fraction of sp³-hybridized carbons (Fsp3) is 0.333. The van der Waals surface area contributed by atoms with E-state index in [2.05, 4.69) is 0 Å². The number of aryl methyl sites for hydroxylation is 2. The SMILES string of the molecule is C[n+]1ccc(C2=CC3=C4C(=C5C=C(c6cc[n+](C)cc6)SC5(C)C3(C)S2)C(F)(F)C(F)(F)C4(F)F)cc1. The maximum atomic E-state index is 15.4. The Balaban J connectivity index is 1.65. The Morgan fingerprint density at radius 2 is 0.919 bits per heavy atom. The second-order valence-electron chi connectivity index (χ2n) is 10.1. The summed E-state index contributed by atoms with van der Waals surface area (Å²) in [7, 11) is 3.65. The molecule has 0 spiro atoms. The smallest absolute Gasteiger partial charge is 0.208 e. The first-order valence-electron chi connectivity index (χ1n) is 11.5. The number of hydrogen-bond acceptors (Lipinski definition) is 2. The number of alkyl halides is 6. The van der Waals surface area contributed by atoms with Gasteiger partial charge in [0.2, 0.25) is 0 Å². The summed E-state index contributed by atoms with van der Waals surface area (Å²) in [6, 6.07) is 7.14. The van der Waals surface area contributed by atoms with Gasteiger partial charge in [0, 0.05) is 45.2 Å². The number of pyridine rings is 2. The lowest BCUT2D eigenvalue weighted by molar-refractivity contribution is -0.671. The number of allylic oxidation sites excluding steroid dienone is 4. The van der Waals surface area contributed by atoms with Crippen molar-refractivity contribution >= 4 is 33.3 Å². The summed E-state index contributed by atoms with van der Waals surface area (Å²) in [6.07, 6.45) is 9.93. The molecule has 2 unspecified atom stereocenters. The maximum Gasteiger partial charge on any atom is 0.380 e. The van der Waals surface area contributed by atoms with Crippen molar-refractivity contribution < 1.29 is 35.5 Å². The first-order valence-corrected chi connectivity index (χ1v) is 13.2. The van der Waals surface area contributed by atoms with Crippen molar-refractivity contribution in [2.45, 2.75) is 41.1 Å². The number of nitrogens with zero attached hydrogens (tertiary/aromatic N) is 2. The van der Waals surface area contributed by atoms with Crippen molar-refractivity contribution in [2.24, 2.45) is 14.1 Å². The summed E-state index contributed by atoms with van der Waals surface area (Å²) in [5.41, 5.74) is -1.40. The molecular weight excluding hydrogens is 530 g/mol. The monoisotopic (exact) mass is 552 g/mol. The molecule has 192 valence electrons. The number of hydrogen-bond donors (Lipinski definition) is 0. The van der Waals surface area contributed by atoms with Crippen LogP contribution in [0.1, 0.15) is 25.0 Å². The van der Waals surface area contributed by atoms with E-state index in [1.54, 1.807) is 72.0 Å². The molecule has 0 bridgehead atoms. The minimum atomic E-state index is -5.56. The molecule has 1 saturated carbocycles. The molecule has 2 aromatic heterocycles. The van der Waals surface area contributed by atoms with Crippen LogP contribution in [0.4, 0.5) is 26.3 Å². The Morgan fingerprint density at radius 3 is 1.24 bits per heavy atom. The van der Waals surface area contributed by atoms with Gasteiger partial charge in [0.25, 0.3) is 0 Å². The summed E-state index contributed by atoms with van der Waals surface area (Å²) in [6.45, 7) is 3.39. The van der Waals surface area contributed by atoms with Crippen molar-refractivity contribution in [2.75, 3.05) is 0 Å². The Kier molecular flexibility index (Phi) is 4.93. The number of rotatable bonds is 2. The standard InChI is InChI=1S/C27H22F6N2S2/c1-23-17(13-19(36-23)15-5-9-34(3)10-6-15)21-22(26(30,31)27(32,33)25(21,28)29)18-14-20(37-24(18,23)2)16-7-11-35(4)12-8-16/h5-14H,1-4H3/q+2. The largest absolute Gasteiger partial charge is 0.380 e. The van der Waals surface area contributed by atoms with Crippen molar-refractivity contribution in [3.8, 4) is 0 Å². The van der Waals surface area contributed by atoms with Gasteiger partial charge in [-0.15, -0.1) is 23.5 Å². The lowest BCUT2D eigenvalue weighted by Gasteiger charge is -2.47. The van der Waals surface area contributed by atoms with Gasteiger partial charge >= 0.3 is 17.8 Å². The summed E-state index contributed by atoms with van der Waals surface area (Å²) < 4.78 is 92.5. The molecule has 1 fully saturated rings. The van der Waals surface area contributed by atoms with E-state index in [1.807, 2.05) is 14.1 Å². The van der Waals surface area contributed by atoms with E-state index in [1.165, 1.54) is 35.7 Å². The Bertz CT molecular complexity index is 1380. The number of fused-ring (bicyclic) bond motifs is 4. The zero-order chi connectivity index (χ0) is 26.8. The van der Waals surface area contributed by atoms with Crippen LogP contribution in [0, 0.1) is 0 Å². The van der Waals surface area contributed by atoms with Crippen LogP contribution in [-0.4, -0.2) is 27.3 Å². The highest BCUT2D eigenvalue weighted by atomic mass is 32.2. The highest BCUT2D eigenvalue weighted by Crippen LogP contribution is 2.75. The predicted molar refractivity (Wildman–Crippen MR) is 132 cm³/mol. The third-order valence-electron chi connectivity index (χ3n) is 7.85. The van der Waals surface area contributed by atoms with Crippen molar-refractivity contribution in [3.05, 3.63) is 94.6 Å². The second-order valence-corrected chi connectivity index (χ2v) is 13.0. The van der Waals surface area contributed by atoms with Gasteiger partial charge in [-0.2, -0.15) is 26.3 Å². The van der Waals surface area contributed by atoms with Crippen LogP contribution < -0.4 is 9.13 Å². The Hall–Kier alpha value is -2.46. The zero-order valence-corrected chi connectivity index (χ0v) is 21.9. The molecule has 4 heterocycles. The molecule has 10 heteroatoms. The summed E-state index contributed by atoms with van der Waals surface area (Å²) in [5, 5.41) is 0. The van der Waals surface area contributed by atoms with Gasteiger partial charge in [-0.3, -0.25) is 0 Å². The van der Waals surface area contributed by atoms with Gasteiger partial charge in [0.1, 0.15) is 14.1 Å². The molecule has 37 heavy (non-hydrogen) atoms. The highest BCUT2D eigenvalue weighted by molar-refractivity contribution is 8.14. The van der Waals surface area contributed by atoms with Crippen molar-refractivity contribution in [1.82, 2.24) is 0 Å². The van der Waals surface area contributed by atoms with Crippen LogP contribution >= 0.6 is 23.5 Å². The summed E-state index contributed by atoms with van der Waals surface area (Å²) in [4.78, 5) is 1.14. The van der Waals surface area contributed by atoms with E-state index in [0.29, 0.717) is 20.9 Å². The zero-order valence-electron chi connectivity index (χ0n) is 20.3. The van der Waals surface area contributed by atoms with E-state index in [0.717, 1.165) is 0 Å². The quantitative estimate of drug-likeness (QED) is 0.321. The highest BCUT2D eigenvalue weighted by Gasteiger charge is 2.84. The van der Waals surface area contributed by atoms with Crippen LogP contribution in [0.5, 0.6) is 0 Å². The van der Waals surface area contributed by atoms with E-state index in [4.69, 9.17) is 0 Å². The topological polar surface area (TPSA) is 7.76 Å². The molecule has 2 atom stereocenters. The molecule has 0 N–H and O–H groups in total. The third kappa shape index (κ3) is 2.94. The first-order chi connectivity index (χ1) is 17.1. The Morgan fingerprint density at radius 1 is 0.595 bits per heavy atom. The molecule has 0 amide bonds. The average Bonchev–Trinajstić information content (AvgIpc) is 3.40. The van der Waals surface area contributed by atoms with Gasteiger partial charge in [0.15, 0.2) is 24.8 Å². The molecule has 2 aliphatic heterocycles. The van der Waals surface area contributed by atoms with E-state index < -0.39 is 38.4 Å². The van der Waals surface area contributed by atoms with Crippen LogP contribution in [-0.2, 0) is 14.1 Å². The normalized spacial score (nSPS) is 30.6. The van der Waals surface area contributed by atoms with Crippen molar-refractivity contribution in [1.29, 1.82) is 0 Å². The maximum absolute atomic E-state index is 15.4. The van der Waals surface area contributed by atoms with E-state index in [9.17, 15) is 8.78 Å².